The Morgan fingerprint density at radius 2 is 2.08 bits per heavy atom. The Morgan fingerprint density at radius 3 is 2.88 bits per heavy atom. The second-order valence-corrected chi connectivity index (χ2v) is 6.70. The summed E-state index contributed by atoms with van der Waals surface area (Å²) in [7, 11) is 0. The topological polar surface area (TPSA) is 58.4 Å². The molecule has 3 N–H and O–H groups in total. The third-order valence-corrected chi connectivity index (χ3v) is 5.07. The van der Waals surface area contributed by atoms with Crippen LogP contribution in [0, 0.1) is 5.92 Å². The minimum absolute atomic E-state index is 0.0770. The Kier molecular flexibility index (Phi) is 5.48. The average Bonchev–Trinajstić information content (AvgIpc) is 2.65. The molecule has 2 aromatic carbocycles. The number of nitrogens with two attached hydrogens (primary N) is 1. The summed E-state index contributed by atoms with van der Waals surface area (Å²) in [5, 5.41) is 5.48. The van der Waals surface area contributed by atoms with Gasteiger partial charge in [0, 0.05) is 25.7 Å². The molecule has 1 fully saturated rings. The predicted octanol–water partition coefficient (Wildman–Crippen LogP) is 2.69. The van der Waals surface area contributed by atoms with Crippen LogP contribution < -0.4 is 11.1 Å². The van der Waals surface area contributed by atoms with Crippen molar-refractivity contribution < 1.29 is 4.79 Å². The summed E-state index contributed by atoms with van der Waals surface area (Å²) in [6.07, 6.45) is 2.04. The van der Waals surface area contributed by atoms with E-state index in [1.54, 1.807) is 0 Å². The van der Waals surface area contributed by atoms with Crippen molar-refractivity contribution in [3.8, 4) is 0 Å². The summed E-state index contributed by atoms with van der Waals surface area (Å²) in [6.45, 7) is 5.18. The maximum Gasteiger partial charge on any atom is 0.224 e. The van der Waals surface area contributed by atoms with E-state index < -0.39 is 0 Å². The number of carbonyl (C=O) groups excluding carboxylic acids is 1. The van der Waals surface area contributed by atoms with Gasteiger partial charge in [0.05, 0.1) is 5.92 Å². The van der Waals surface area contributed by atoms with Crippen molar-refractivity contribution in [1.29, 1.82) is 0 Å². The van der Waals surface area contributed by atoms with E-state index >= 15 is 0 Å². The van der Waals surface area contributed by atoms with Crippen molar-refractivity contribution in [3.63, 3.8) is 0 Å². The molecular formula is C20H27N3O. The first-order valence-corrected chi connectivity index (χ1v) is 8.89. The molecule has 0 radical (unpaired) electrons. The summed E-state index contributed by atoms with van der Waals surface area (Å²) in [4.78, 5) is 14.7. The fourth-order valence-corrected chi connectivity index (χ4v) is 3.59. The lowest BCUT2D eigenvalue weighted by molar-refractivity contribution is -0.126. The number of nitrogens with zero attached hydrogens (tertiary/aromatic N) is 1. The van der Waals surface area contributed by atoms with Crippen LogP contribution in [0.25, 0.3) is 10.8 Å². The van der Waals surface area contributed by atoms with Crippen molar-refractivity contribution in [3.05, 3.63) is 48.0 Å². The molecule has 0 aliphatic carbocycles. The zero-order valence-corrected chi connectivity index (χ0v) is 14.4. The van der Waals surface area contributed by atoms with Gasteiger partial charge in [-0.25, -0.2) is 0 Å². The molecule has 1 amide bonds. The summed E-state index contributed by atoms with van der Waals surface area (Å²) in [5.74, 6) is 0.226. The zero-order valence-electron chi connectivity index (χ0n) is 14.4. The third-order valence-electron chi connectivity index (χ3n) is 5.07. The Morgan fingerprint density at radius 1 is 1.29 bits per heavy atom. The molecule has 0 saturated carbocycles. The van der Waals surface area contributed by atoms with Gasteiger partial charge < -0.3 is 11.1 Å². The molecule has 4 nitrogen and oxygen atoms in total. The lowest BCUT2D eigenvalue weighted by Crippen LogP contribution is -2.44. The van der Waals surface area contributed by atoms with Crippen LogP contribution in [0.3, 0.4) is 0 Å². The van der Waals surface area contributed by atoms with Crippen molar-refractivity contribution in [1.82, 2.24) is 10.2 Å². The first-order valence-electron chi connectivity index (χ1n) is 8.89. The number of piperidine rings is 1. The number of benzene rings is 2. The molecule has 1 aliphatic heterocycles. The molecular weight excluding hydrogens is 298 g/mol. The second-order valence-electron chi connectivity index (χ2n) is 6.70. The summed E-state index contributed by atoms with van der Waals surface area (Å²) in [5.41, 5.74) is 6.79. The fraction of sp³-hybridized carbons (Fsp3) is 0.450. The van der Waals surface area contributed by atoms with Gasteiger partial charge in [-0.3, -0.25) is 9.69 Å². The maximum atomic E-state index is 12.2. The number of fused-ring (bicyclic) bond motifs is 1. The molecule has 2 aromatic rings. The quantitative estimate of drug-likeness (QED) is 0.888. The molecule has 1 saturated heterocycles. The smallest absolute Gasteiger partial charge is 0.224 e. The van der Waals surface area contributed by atoms with E-state index in [-0.39, 0.29) is 11.8 Å². The number of rotatable bonds is 5. The van der Waals surface area contributed by atoms with Crippen LogP contribution in [0.4, 0.5) is 0 Å². The molecule has 2 atom stereocenters. The van der Waals surface area contributed by atoms with Gasteiger partial charge >= 0.3 is 0 Å². The van der Waals surface area contributed by atoms with Crippen LogP contribution in [0.2, 0.25) is 0 Å². The van der Waals surface area contributed by atoms with Gasteiger partial charge in [0.2, 0.25) is 5.91 Å². The SMILES string of the molecule is CC(c1ccc2ccccc2c1)N1CCCC(C(=O)NCCN)C1. The molecule has 1 aliphatic rings. The molecule has 3 rings (SSSR count). The van der Waals surface area contributed by atoms with Crippen molar-refractivity contribution in [2.45, 2.75) is 25.8 Å². The van der Waals surface area contributed by atoms with Gasteiger partial charge in [-0.15, -0.1) is 0 Å². The van der Waals surface area contributed by atoms with Crippen molar-refractivity contribution in [2.24, 2.45) is 11.7 Å². The molecule has 0 aromatic heterocycles. The minimum atomic E-state index is 0.0770. The van der Waals surface area contributed by atoms with Gasteiger partial charge in [-0.2, -0.15) is 0 Å². The minimum Gasteiger partial charge on any atom is -0.355 e. The van der Waals surface area contributed by atoms with Crippen LogP contribution in [0.15, 0.2) is 42.5 Å². The Hall–Kier alpha value is -1.91. The molecule has 1 heterocycles. The first kappa shape index (κ1) is 16.9. The highest BCUT2D eigenvalue weighted by molar-refractivity contribution is 5.83. The van der Waals surface area contributed by atoms with E-state index in [2.05, 4.69) is 59.6 Å². The van der Waals surface area contributed by atoms with E-state index in [0.717, 1.165) is 25.9 Å². The third kappa shape index (κ3) is 3.77. The largest absolute Gasteiger partial charge is 0.355 e. The number of amides is 1. The first-order chi connectivity index (χ1) is 11.7. The lowest BCUT2D eigenvalue weighted by atomic mass is 9.94. The molecule has 0 spiro atoms. The summed E-state index contributed by atoms with van der Waals surface area (Å²) >= 11 is 0. The second kappa shape index (κ2) is 7.77. The fourth-order valence-electron chi connectivity index (χ4n) is 3.59. The van der Waals surface area contributed by atoms with E-state index in [0.29, 0.717) is 19.1 Å². The van der Waals surface area contributed by atoms with Gasteiger partial charge in [-0.05, 0) is 48.7 Å². The van der Waals surface area contributed by atoms with Crippen LogP contribution >= 0.6 is 0 Å². The Balaban J connectivity index is 1.71. The Bertz CT molecular complexity index is 700. The van der Waals surface area contributed by atoms with Gasteiger partial charge in [0.15, 0.2) is 0 Å². The van der Waals surface area contributed by atoms with Crippen molar-refractivity contribution >= 4 is 16.7 Å². The van der Waals surface area contributed by atoms with Crippen molar-refractivity contribution in [2.75, 3.05) is 26.2 Å². The maximum absolute atomic E-state index is 12.2. The van der Waals surface area contributed by atoms with E-state index in [1.165, 1.54) is 16.3 Å². The van der Waals surface area contributed by atoms with Crippen LogP contribution in [0.1, 0.15) is 31.4 Å². The molecule has 128 valence electrons. The summed E-state index contributed by atoms with van der Waals surface area (Å²) < 4.78 is 0. The van der Waals surface area contributed by atoms with Gasteiger partial charge in [0.1, 0.15) is 0 Å². The molecule has 0 bridgehead atoms. The molecule has 24 heavy (non-hydrogen) atoms. The number of carbonyl (C=O) groups is 1. The van der Waals surface area contributed by atoms with E-state index in [1.807, 2.05) is 0 Å². The number of likely N-dealkylation sites (tertiary alicyclic amines) is 1. The lowest BCUT2D eigenvalue weighted by Gasteiger charge is -2.36. The predicted molar refractivity (Wildman–Crippen MR) is 98.7 cm³/mol. The standard InChI is InChI=1S/C20H27N3O/c1-15(17-9-8-16-5-2-3-6-18(16)13-17)23-12-4-7-19(14-23)20(24)22-11-10-21/h2-3,5-6,8-9,13,15,19H,4,7,10-12,14,21H2,1H3,(H,22,24). The highest BCUT2D eigenvalue weighted by atomic mass is 16.1. The van der Waals surface area contributed by atoms with Crippen LogP contribution in [0.5, 0.6) is 0 Å². The highest BCUT2D eigenvalue weighted by Gasteiger charge is 2.28. The number of hydrogen-bond donors (Lipinski definition) is 2. The van der Waals surface area contributed by atoms with Gasteiger partial charge in [-0.1, -0.05) is 36.4 Å². The summed E-state index contributed by atoms with van der Waals surface area (Å²) in [6, 6.07) is 15.4. The normalized spacial score (nSPS) is 20.0. The van der Waals surface area contributed by atoms with Crippen LogP contribution in [-0.2, 0) is 4.79 Å². The van der Waals surface area contributed by atoms with E-state index in [4.69, 9.17) is 5.73 Å². The van der Waals surface area contributed by atoms with E-state index in [9.17, 15) is 4.79 Å². The number of hydrogen-bond acceptors (Lipinski definition) is 3. The number of nitrogens with one attached hydrogen (secondary N) is 1. The average molecular weight is 325 g/mol. The molecule has 4 heteroatoms. The van der Waals surface area contributed by atoms with Crippen LogP contribution in [-0.4, -0.2) is 37.0 Å². The highest BCUT2D eigenvalue weighted by Crippen LogP contribution is 2.28. The monoisotopic (exact) mass is 325 g/mol. The van der Waals surface area contributed by atoms with Gasteiger partial charge in [0.25, 0.3) is 0 Å². The zero-order chi connectivity index (χ0) is 16.9. The Labute approximate surface area is 144 Å². The molecule has 2 unspecified atom stereocenters.